The number of rotatable bonds is 5. The van der Waals surface area contributed by atoms with Crippen molar-refractivity contribution in [1.29, 1.82) is 0 Å². The predicted molar refractivity (Wildman–Crippen MR) is 119 cm³/mol. The van der Waals surface area contributed by atoms with Crippen LogP contribution in [0.3, 0.4) is 0 Å². The molecular formula is C22H22N4O6S. The van der Waals surface area contributed by atoms with Crippen LogP contribution in [0.25, 0.3) is 0 Å². The Morgan fingerprint density at radius 1 is 1.21 bits per heavy atom. The summed E-state index contributed by atoms with van der Waals surface area (Å²) in [4.78, 5) is 52.4. The van der Waals surface area contributed by atoms with Crippen LogP contribution in [0.5, 0.6) is 11.5 Å². The maximum atomic E-state index is 13.2. The summed E-state index contributed by atoms with van der Waals surface area (Å²) in [5.74, 6) is -0.709. The van der Waals surface area contributed by atoms with Gasteiger partial charge in [0, 0.05) is 4.88 Å². The fourth-order valence-electron chi connectivity index (χ4n) is 4.45. The number of ether oxygens (including phenoxy) is 2. The summed E-state index contributed by atoms with van der Waals surface area (Å²) in [5, 5.41) is 5.70. The molecule has 1 aromatic heterocycles. The number of urea groups is 1. The van der Waals surface area contributed by atoms with Gasteiger partial charge in [-0.1, -0.05) is 6.07 Å². The lowest BCUT2D eigenvalue weighted by Crippen LogP contribution is -2.42. The molecule has 1 saturated heterocycles. The van der Waals surface area contributed by atoms with Gasteiger partial charge in [0.25, 0.3) is 11.8 Å². The molecule has 1 aliphatic carbocycles. The van der Waals surface area contributed by atoms with E-state index in [1.54, 1.807) is 25.1 Å². The van der Waals surface area contributed by atoms with E-state index < -0.39 is 35.8 Å². The Morgan fingerprint density at radius 2 is 1.97 bits per heavy atom. The van der Waals surface area contributed by atoms with Gasteiger partial charge < -0.3 is 25.8 Å². The van der Waals surface area contributed by atoms with Crippen LogP contribution in [0.1, 0.15) is 39.7 Å². The van der Waals surface area contributed by atoms with E-state index in [0.29, 0.717) is 40.8 Å². The van der Waals surface area contributed by atoms with Gasteiger partial charge in [0.2, 0.25) is 5.91 Å². The molecule has 10 nitrogen and oxygen atoms in total. The van der Waals surface area contributed by atoms with Crippen molar-refractivity contribution in [2.75, 3.05) is 25.1 Å². The number of thiophene rings is 1. The highest BCUT2D eigenvalue weighted by molar-refractivity contribution is 7.17. The summed E-state index contributed by atoms with van der Waals surface area (Å²) in [6.07, 6.45) is 2.51. The number of carbonyl (C=O) groups excluding carboxylic acids is 4. The average molecular weight is 471 g/mol. The highest BCUT2D eigenvalue weighted by Gasteiger charge is 2.50. The summed E-state index contributed by atoms with van der Waals surface area (Å²) in [6.45, 7) is 1.91. The number of anilines is 1. The number of carbonyl (C=O) groups is 4. The van der Waals surface area contributed by atoms with E-state index in [2.05, 4.69) is 10.6 Å². The van der Waals surface area contributed by atoms with Crippen molar-refractivity contribution in [3.63, 3.8) is 0 Å². The molecule has 3 aliphatic rings. The van der Waals surface area contributed by atoms with Crippen molar-refractivity contribution in [2.24, 2.45) is 5.73 Å². The van der Waals surface area contributed by atoms with Gasteiger partial charge in [-0.3, -0.25) is 19.3 Å². The molecule has 0 radical (unpaired) electrons. The van der Waals surface area contributed by atoms with Crippen LogP contribution in [0.15, 0.2) is 18.2 Å². The number of aryl methyl sites for hydroxylation is 1. The van der Waals surface area contributed by atoms with Gasteiger partial charge in [-0.2, -0.15) is 0 Å². The third-order valence-corrected chi connectivity index (χ3v) is 7.32. The number of nitrogens with two attached hydrogens (primary N) is 1. The number of nitrogens with zero attached hydrogens (tertiary/aromatic N) is 1. The zero-order chi connectivity index (χ0) is 23.3. The average Bonchev–Trinajstić information content (AvgIpc) is 3.42. The molecule has 33 heavy (non-hydrogen) atoms. The third kappa shape index (κ3) is 3.48. The molecule has 5 rings (SSSR count). The largest absolute Gasteiger partial charge is 0.486 e. The first kappa shape index (κ1) is 21.3. The van der Waals surface area contributed by atoms with Crippen molar-refractivity contribution >= 4 is 40.1 Å². The molecule has 1 atom stereocenters. The van der Waals surface area contributed by atoms with Gasteiger partial charge in [-0.15, -0.1) is 11.3 Å². The Balaban J connectivity index is 1.34. The first-order chi connectivity index (χ1) is 15.8. The van der Waals surface area contributed by atoms with E-state index in [0.717, 1.165) is 34.6 Å². The van der Waals surface area contributed by atoms with Crippen molar-refractivity contribution in [1.82, 2.24) is 10.2 Å². The smallest absolute Gasteiger partial charge is 0.325 e. The van der Waals surface area contributed by atoms with Crippen molar-refractivity contribution in [3.05, 3.63) is 39.8 Å². The molecule has 0 bridgehead atoms. The van der Waals surface area contributed by atoms with Gasteiger partial charge >= 0.3 is 6.03 Å². The van der Waals surface area contributed by atoms with Gasteiger partial charge in [0.1, 0.15) is 30.3 Å². The van der Waals surface area contributed by atoms with E-state index in [-0.39, 0.29) is 0 Å². The standard InChI is InChI=1S/C22H22N4O6S/c1-22(11-5-6-13-14(9-11)32-8-7-31-13)20(29)26(21(30)25-22)10-16(27)24-19-17(18(23)28)12-3-2-4-15(12)33-19/h5-6,9H,2-4,7-8,10H2,1H3,(H2,23,28)(H,24,27)(H,25,30)/t22-/m0/s1. The Bertz CT molecular complexity index is 1210. The highest BCUT2D eigenvalue weighted by Crippen LogP contribution is 2.39. The first-order valence-electron chi connectivity index (χ1n) is 10.6. The molecule has 4 N–H and O–H groups in total. The molecule has 2 aliphatic heterocycles. The van der Waals surface area contributed by atoms with Crippen molar-refractivity contribution < 1.29 is 28.7 Å². The lowest BCUT2D eigenvalue weighted by atomic mass is 9.91. The number of amides is 5. The predicted octanol–water partition coefficient (Wildman–Crippen LogP) is 1.51. The Morgan fingerprint density at radius 3 is 2.73 bits per heavy atom. The SMILES string of the molecule is C[C@@]1(c2ccc3c(c2)OCCO3)NC(=O)N(CC(=O)Nc2sc3c(c2C(N)=O)CCC3)C1=O. The minimum absolute atomic E-state index is 0.319. The normalized spacial score (nSPS) is 21.1. The number of primary amides is 1. The zero-order valence-electron chi connectivity index (χ0n) is 17.9. The fraction of sp³-hybridized carbons (Fsp3) is 0.364. The first-order valence-corrected chi connectivity index (χ1v) is 11.4. The van der Waals surface area contributed by atoms with Gasteiger partial charge in [0.15, 0.2) is 11.5 Å². The minimum atomic E-state index is -1.37. The van der Waals surface area contributed by atoms with Crippen LogP contribution < -0.4 is 25.8 Å². The van der Waals surface area contributed by atoms with Crippen LogP contribution in [-0.4, -0.2) is 48.4 Å². The molecule has 5 amide bonds. The minimum Gasteiger partial charge on any atom is -0.486 e. The number of fused-ring (bicyclic) bond motifs is 2. The molecule has 1 fully saturated rings. The lowest BCUT2D eigenvalue weighted by Gasteiger charge is -2.25. The van der Waals surface area contributed by atoms with Gasteiger partial charge in [-0.25, -0.2) is 4.79 Å². The van der Waals surface area contributed by atoms with E-state index >= 15 is 0 Å². The van der Waals surface area contributed by atoms with Gasteiger partial charge in [-0.05, 0) is 49.4 Å². The Kier molecular flexibility index (Phi) is 5.00. The highest BCUT2D eigenvalue weighted by atomic mass is 32.1. The number of hydrogen-bond donors (Lipinski definition) is 3. The Hall–Kier alpha value is -3.60. The van der Waals surface area contributed by atoms with E-state index in [1.165, 1.54) is 11.3 Å². The van der Waals surface area contributed by atoms with Crippen LogP contribution in [-0.2, 0) is 28.0 Å². The summed E-state index contributed by atoms with van der Waals surface area (Å²) in [6, 6.07) is 4.34. The topological polar surface area (TPSA) is 140 Å². The summed E-state index contributed by atoms with van der Waals surface area (Å²) in [7, 11) is 0. The zero-order valence-corrected chi connectivity index (χ0v) is 18.7. The second-order valence-corrected chi connectivity index (χ2v) is 9.38. The molecule has 2 aromatic rings. The van der Waals surface area contributed by atoms with Crippen LogP contribution >= 0.6 is 11.3 Å². The Labute approximate surface area is 193 Å². The quantitative estimate of drug-likeness (QED) is 0.566. The van der Waals surface area contributed by atoms with E-state index in [9.17, 15) is 19.2 Å². The number of benzene rings is 1. The summed E-state index contributed by atoms with van der Waals surface area (Å²) >= 11 is 1.31. The maximum Gasteiger partial charge on any atom is 0.325 e. The van der Waals surface area contributed by atoms with Gasteiger partial charge in [0.05, 0.1) is 5.56 Å². The second kappa shape index (κ2) is 7.77. The van der Waals surface area contributed by atoms with Crippen LogP contribution in [0, 0.1) is 0 Å². The third-order valence-electron chi connectivity index (χ3n) is 6.12. The molecule has 0 unspecified atom stereocenters. The van der Waals surface area contributed by atoms with Crippen LogP contribution in [0.4, 0.5) is 9.80 Å². The van der Waals surface area contributed by atoms with Crippen LogP contribution in [0.2, 0.25) is 0 Å². The van der Waals surface area contributed by atoms with Crippen molar-refractivity contribution in [3.8, 4) is 11.5 Å². The summed E-state index contributed by atoms with van der Waals surface area (Å²) < 4.78 is 11.1. The van der Waals surface area contributed by atoms with Crippen molar-refractivity contribution in [2.45, 2.75) is 31.7 Å². The van der Waals surface area contributed by atoms with E-state index in [4.69, 9.17) is 15.2 Å². The number of imide groups is 1. The molecule has 0 saturated carbocycles. The molecule has 3 heterocycles. The maximum absolute atomic E-state index is 13.2. The second-order valence-electron chi connectivity index (χ2n) is 8.28. The van der Waals surface area contributed by atoms with E-state index in [1.807, 2.05) is 0 Å². The molecule has 0 spiro atoms. The lowest BCUT2D eigenvalue weighted by molar-refractivity contribution is -0.133. The summed E-state index contributed by atoms with van der Waals surface area (Å²) in [5.41, 5.74) is 5.88. The number of nitrogens with one attached hydrogen (secondary N) is 2. The molecule has 11 heteroatoms. The monoisotopic (exact) mass is 470 g/mol. The molecular weight excluding hydrogens is 448 g/mol. The molecule has 1 aromatic carbocycles. The molecule has 172 valence electrons. The number of hydrogen-bond acceptors (Lipinski definition) is 7. The fourth-order valence-corrected chi connectivity index (χ4v) is 5.76.